The topological polar surface area (TPSA) is 67.8 Å². The van der Waals surface area contributed by atoms with Crippen molar-refractivity contribution in [2.45, 2.75) is 59.2 Å². The van der Waals surface area contributed by atoms with E-state index in [2.05, 4.69) is 19.3 Å². The summed E-state index contributed by atoms with van der Waals surface area (Å²) in [6.45, 7) is 9.50. The van der Waals surface area contributed by atoms with Crippen molar-refractivity contribution in [3.63, 3.8) is 0 Å². The number of amides is 1. The van der Waals surface area contributed by atoms with Crippen molar-refractivity contribution in [1.29, 1.82) is 0 Å². The highest BCUT2D eigenvalue weighted by Gasteiger charge is 2.18. The zero-order valence-corrected chi connectivity index (χ0v) is 11.4. The minimum Gasteiger partial charge on any atom is -0.442 e. The highest BCUT2D eigenvalue weighted by atomic mass is 16.7. The lowest BCUT2D eigenvalue weighted by molar-refractivity contribution is -0.0553. The molecule has 1 amide bonds. The highest BCUT2D eigenvalue weighted by Crippen LogP contribution is 2.11. The van der Waals surface area contributed by atoms with Gasteiger partial charge in [0.2, 0.25) is 0 Å². The monoisotopic (exact) mass is 247 g/mol. The van der Waals surface area contributed by atoms with Gasteiger partial charge in [-0.1, -0.05) is 13.8 Å². The standard InChI is InChI=1S/C12H25NO4/c1-9(2)8-10(6-7-14)17-13-11(15)16-12(3,4)5/h9-10,14H,6-8H2,1-5H3,(H,13,15). The largest absolute Gasteiger partial charge is 0.442 e. The number of nitrogens with one attached hydrogen (secondary N) is 1. The lowest BCUT2D eigenvalue weighted by atomic mass is 10.0. The summed E-state index contributed by atoms with van der Waals surface area (Å²) in [5.74, 6) is 0.437. The lowest BCUT2D eigenvalue weighted by Crippen LogP contribution is -2.35. The van der Waals surface area contributed by atoms with Crippen LogP contribution in [0.1, 0.15) is 47.5 Å². The minimum absolute atomic E-state index is 0.0351. The van der Waals surface area contributed by atoms with Gasteiger partial charge in [-0.05, 0) is 39.5 Å². The molecule has 1 unspecified atom stereocenters. The summed E-state index contributed by atoms with van der Waals surface area (Å²) in [5, 5.41) is 8.88. The van der Waals surface area contributed by atoms with Crippen LogP contribution >= 0.6 is 0 Å². The molecule has 17 heavy (non-hydrogen) atoms. The summed E-state index contributed by atoms with van der Waals surface area (Å²) in [5.41, 5.74) is 1.71. The summed E-state index contributed by atoms with van der Waals surface area (Å²) in [7, 11) is 0. The zero-order valence-electron chi connectivity index (χ0n) is 11.4. The third kappa shape index (κ3) is 10.1. The molecule has 5 nitrogen and oxygen atoms in total. The van der Waals surface area contributed by atoms with Crippen LogP contribution in [-0.2, 0) is 9.57 Å². The molecule has 102 valence electrons. The van der Waals surface area contributed by atoms with Crippen molar-refractivity contribution in [2.75, 3.05) is 6.61 Å². The van der Waals surface area contributed by atoms with Gasteiger partial charge in [0.25, 0.3) is 0 Å². The molecule has 0 aromatic heterocycles. The molecule has 0 aliphatic carbocycles. The molecule has 0 aliphatic rings. The number of hydrogen-bond acceptors (Lipinski definition) is 4. The second-order valence-electron chi connectivity index (χ2n) is 5.49. The lowest BCUT2D eigenvalue weighted by Gasteiger charge is -2.22. The molecule has 0 aromatic rings. The second-order valence-corrected chi connectivity index (χ2v) is 5.49. The number of aliphatic hydroxyl groups excluding tert-OH is 1. The van der Waals surface area contributed by atoms with Crippen LogP contribution in [0.5, 0.6) is 0 Å². The van der Waals surface area contributed by atoms with Gasteiger partial charge in [0.1, 0.15) is 5.60 Å². The van der Waals surface area contributed by atoms with Crippen molar-refractivity contribution in [2.24, 2.45) is 5.92 Å². The predicted octanol–water partition coefficient (Wildman–Crippen LogP) is 2.24. The Hall–Kier alpha value is -0.810. The van der Waals surface area contributed by atoms with Gasteiger partial charge in [0, 0.05) is 6.61 Å². The molecule has 0 rings (SSSR count). The molecule has 0 heterocycles. The molecule has 2 N–H and O–H groups in total. The number of rotatable bonds is 6. The number of aliphatic hydroxyl groups is 1. The molecule has 0 saturated heterocycles. The van der Waals surface area contributed by atoms with Crippen LogP contribution in [0.4, 0.5) is 4.79 Å². The number of hydrogen-bond donors (Lipinski definition) is 2. The van der Waals surface area contributed by atoms with E-state index in [0.717, 1.165) is 6.42 Å². The maximum atomic E-state index is 11.3. The van der Waals surface area contributed by atoms with Crippen LogP contribution < -0.4 is 5.48 Å². The first-order chi connectivity index (χ1) is 7.74. The van der Waals surface area contributed by atoms with Crippen LogP contribution in [0.25, 0.3) is 0 Å². The summed E-state index contributed by atoms with van der Waals surface area (Å²) in [6, 6.07) is 0. The van der Waals surface area contributed by atoms with E-state index in [1.165, 1.54) is 0 Å². The molecule has 0 aromatic carbocycles. The van der Waals surface area contributed by atoms with Crippen molar-refractivity contribution in [3.8, 4) is 0 Å². The molecule has 0 spiro atoms. The van der Waals surface area contributed by atoms with Gasteiger partial charge in [-0.15, -0.1) is 0 Å². The molecular weight excluding hydrogens is 222 g/mol. The SMILES string of the molecule is CC(C)CC(CCO)ONC(=O)OC(C)(C)C. The van der Waals surface area contributed by atoms with Gasteiger partial charge in [-0.25, -0.2) is 4.79 Å². The molecule has 1 atom stereocenters. The molecule has 0 radical (unpaired) electrons. The summed E-state index contributed by atoms with van der Waals surface area (Å²) < 4.78 is 5.03. The first-order valence-electron chi connectivity index (χ1n) is 6.00. The quantitative estimate of drug-likeness (QED) is 0.706. The molecule has 0 fully saturated rings. The Morgan fingerprint density at radius 2 is 1.94 bits per heavy atom. The fourth-order valence-electron chi connectivity index (χ4n) is 1.33. The maximum absolute atomic E-state index is 11.3. The van der Waals surface area contributed by atoms with Gasteiger partial charge in [-0.3, -0.25) is 4.84 Å². The third-order valence-corrected chi connectivity index (χ3v) is 1.89. The van der Waals surface area contributed by atoms with Gasteiger partial charge >= 0.3 is 6.09 Å². The smallest absolute Gasteiger partial charge is 0.431 e. The van der Waals surface area contributed by atoms with Crippen LogP contribution in [0.3, 0.4) is 0 Å². The Bertz CT molecular complexity index is 223. The van der Waals surface area contributed by atoms with Gasteiger partial charge in [-0.2, -0.15) is 5.48 Å². The van der Waals surface area contributed by atoms with Crippen molar-refractivity contribution in [1.82, 2.24) is 5.48 Å². The predicted molar refractivity (Wildman–Crippen MR) is 65.4 cm³/mol. The molecule has 0 aliphatic heterocycles. The van der Waals surface area contributed by atoms with Crippen molar-refractivity contribution in [3.05, 3.63) is 0 Å². The zero-order chi connectivity index (χ0) is 13.5. The van der Waals surface area contributed by atoms with Crippen LogP contribution in [0.2, 0.25) is 0 Å². The molecular formula is C12H25NO4. The van der Waals surface area contributed by atoms with E-state index in [1.807, 2.05) is 0 Å². The van der Waals surface area contributed by atoms with Gasteiger partial charge in [0.15, 0.2) is 0 Å². The highest BCUT2D eigenvalue weighted by molar-refractivity contribution is 5.66. The average molecular weight is 247 g/mol. The second kappa shape index (κ2) is 7.50. The minimum atomic E-state index is -0.607. The van der Waals surface area contributed by atoms with Crippen LogP contribution in [0, 0.1) is 5.92 Å². The Labute approximate surface area is 103 Å². The Kier molecular flexibility index (Phi) is 7.15. The molecule has 0 bridgehead atoms. The van der Waals surface area contributed by atoms with E-state index in [0.29, 0.717) is 12.3 Å². The van der Waals surface area contributed by atoms with Crippen LogP contribution in [-0.4, -0.2) is 29.5 Å². The van der Waals surface area contributed by atoms with E-state index in [4.69, 9.17) is 14.7 Å². The average Bonchev–Trinajstić information content (AvgIpc) is 2.11. The molecule has 0 saturated carbocycles. The first kappa shape index (κ1) is 16.2. The van der Waals surface area contributed by atoms with Crippen molar-refractivity contribution < 1.29 is 19.5 Å². The number of carbonyl (C=O) groups excluding carboxylic acids is 1. The number of carbonyl (C=O) groups is 1. The fraction of sp³-hybridized carbons (Fsp3) is 0.917. The van der Waals surface area contributed by atoms with Gasteiger partial charge < -0.3 is 9.84 Å². The van der Waals surface area contributed by atoms with E-state index in [1.54, 1.807) is 20.8 Å². The Balaban J connectivity index is 3.99. The van der Waals surface area contributed by atoms with E-state index >= 15 is 0 Å². The Morgan fingerprint density at radius 3 is 2.35 bits per heavy atom. The van der Waals surface area contributed by atoms with E-state index in [9.17, 15) is 4.79 Å². The van der Waals surface area contributed by atoms with Crippen molar-refractivity contribution >= 4 is 6.09 Å². The summed E-state index contributed by atoms with van der Waals surface area (Å²) in [6.07, 6.45) is 0.473. The van der Waals surface area contributed by atoms with Gasteiger partial charge in [0.05, 0.1) is 6.10 Å². The third-order valence-electron chi connectivity index (χ3n) is 1.89. The number of hydroxylamine groups is 1. The first-order valence-corrected chi connectivity index (χ1v) is 6.00. The number of ether oxygens (including phenoxy) is 1. The normalized spacial score (nSPS) is 13.6. The van der Waals surface area contributed by atoms with E-state index < -0.39 is 11.7 Å². The van der Waals surface area contributed by atoms with Crippen LogP contribution in [0.15, 0.2) is 0 Å². The maximum Gasteiger partial charge on any atom is 0.431 e. The summed E-state index contributed by atoms with van der Waals surface area (Å²) in [4.78, 5) is 16.5. The molecule has 5 heteroatoms. The summed E-state index contributed by atoms with van der Waals surface area (Å²) >= 11 is 0. The Morgan fingerprint density at radius 1 is 1.35 bits per heavy atom. The van der Waals surface area contributed by atoms with E-state index in [-0.39, 0.29) is 12.7 Å². The fourth-order valence-corrected chi connectivity index (χ4v) is 1.33.